The van der Waals surface area contributed by atoms with E-state index in [0.717, 1.165) is 28.3 Å². The molecule has 3 rings (SSSR count). The number of ether oxygens (including phenoxy) is 1. The van der Waals surface area contributed by atoms with E-state index in [9.17, 15) is 0 Å². The molecule has 0 fully saturated rings. The van der Waals surface area contributed by atoms with Crippen molar-refractivity contribution in [1.82, 2.24) is 4.98 Å². The zero-order valence-corrected chi connectivity index (χ0v) is 13.5. The molecule has 3 aromatic rings. The number of hydrogen-bond acceptors (Lipinski definition) is 4. The Hall–Kier alpha value is -2.85. The largest absolute Gasteiger partial charge is 0.487 e. The SMILES string of the molecule is Cc1oc(-c2ccccc2)nc1COc1ccc(/C=C/CO)cc1. The summed E-state index contributed by atoms with van der Waals surface area (Å²) in [5.74, 6) is 2.13. The van der Waals surface area contributed by atoms with Gasteiger partial charge in [0.1, 0.15) is 23.8 Å². The van der Waals surface area contributed by atoms with Gasteiger partial charge in [-0.3, -0.25) is 0 Å². The minimum absolute atomic E-state index is 0.0352. The lowest BCUT2D eigenvalue weighted by Gasteiger charge is -2.04. The van der Waals surface area contributed by atoms with Crippen LogP contribution in [0.1, 0.15) is 17.0 Å². The van der Waals surface area contributed by atoms with E-state index < -0.39 is 0 Å². The second-order valence-corrected chi connectivity index (χ2v) is 5.33. The molecule has 4 heteroatoms. The van der Waals surface area contributed by atoms with E-state index in [0.29, 0.717) is 12.5 Å². The molecule has 0 radical (unpaired) electrons. The summed E-state index contributed by atoms with van der Waals surface area (Å²) in [6, 6.07) is 17.5. The molecular weight excluding hydrogens is 302 g/mol. The summed E-state index contributed by atoms with van der Waals surface area (Å²) in [6.45, 7) is 2.28. The van der Waals surface area contributed by atoms with Crippen molar-refractivity contribution in [2.24, 2.45) is 0 Å². The van der Waals surface area contributed by atoms with E-state index in [1.54, 1.807) is 6.08 Å². The molecule has 0 aliphatic heterocycles. The molecule has 1 heterocycles. The monoisotopic (exact) mass is 321 g/mol. The van der Waals surface area contributed by atoms with Crippen LogP contribution in [-0.2, 0) is 6.61 Å². The predicted molar refractivity (Wildman–Crippen MR) is 93.6 cm³/mol. The predicted octanol–water partition coefficient (Wildman–Crippen LogP) is 4.23. The summed E-state index contributed by atoms with van der Waals surface area (Å²) >= 11 is 0. The number of rotatable bonds is 6. The maximum absolute atomic E-state index is 8.78. The van der Waals surface area contributed by atoms with Crippen molar-refractivity contribution >= 4 is 6.08 Å². The van der Waals surface area contributed by atoms with Crippen LogP contribution in [0.5, 0.6) is 5.75 Å². The number of hydrogen-bond donors (Lipinski definition) is 1. The average molecular weight is 321 g/mol. The molecule has 0 aliphatic rings. The number of nitrogens with zero attached hydrogens (tertiary/aromatic N) is 1. The van der Waals surface area contributed by atoms with E-state index in [1.807, 2.05) is 67.6 Å². The zero-order valence-electron chi connectivity index (χ0n) is 13.5. The second kappa shape index (κ2) is 7.62. The molecule has 122 valence electrons. The van der Waals surface area contributed by atoms with Crippen molar-refractivity contribution < 1.29 is 14.3 Å². The van der Waals surface area contributed by atoms with Gasteiger partial charge in [-0.15, -0.1) is 0 Å². The fraction of sp³-hybridized carbons (Fsp3) is 0.150. The summed E-state index contributed by atoms with van der Waals surface area (Å²) in [4.78, 5) is 4.52. The number of aryl methyl sites for hydroxylation is 1. The van der Waals surface area contributed by atoms with E-state index in [-0.39, 0.29) is 6.61 Å². The first-order chi connectivity index (χ1) is 11.8. The fourth-order valence-electron chi connectivity index (χ4n) is 2.28. The second-order valence-electron chi connectivity index (χ2n) is 5.33. The molecule has 0 bridgehead atoms. The topological polar surface area (TPSA) is 55.5 Å². The Morgan fingerprint density at radius 3 is 2.54 bits per heavy atom. The summed E-state index contributed by atoms with van der Waals surface area (Å²) in [7, 11) is 0. The van der Waals surface area contributed by atoms with Crippen LogP contribution in [0.25, 0.3) is 17.5 Å². The van der Waals surface area contributed by atoms with Crippen LogP contribution in [0.2, 0.25) is 0 Å². The van der Waals surface area contributed by atoms with E-state index >= 15 is 0 Å². The van der Waals surface area contributed by atoms with Crippen LogP contribution < -0.4 is 4.74 Å². The minimum Gasteiger partial charge on any atom is -0.487 e. The van der Waals surface area contributed by atoms with Gasteiger partial charge in [0.15, 0.2) is 0 Å². The lowest BCUT2D eigenvalue weighted by molar-refractivity contribution is 0.299. The van der Waals surface area contributed by atoms with Crippen LogP contribution in [0.15, 0.2) is 65.1 Å². The number of aromatic nitrogens is 1. The number of benzene rings is 2. The molecular formula is C20H19NO3. The third-order valence-electron chi connectivity index (χ3n) is 3.58. The van der Waals surface area contributed by atoms with Crippen molar-refractivity contribution in [3.05, 3.63) is 77.7 Å². The molecule has 0 atom stereocenters. The van der Waals surface area contributed by atoms with Gasteiger partial charge in [-0.05, 0) is 36.8 Å². The Labute approximate surface area is 141 Å². The highest BCUT2D eigenvalue weighted by Crippen LogP contribution is 2.22. The Bertz CT molecular complexity index is 805. The van der Waals surface area contributed by atoms with Gasteiger partial charge >= 0.3 is 0 Å². The van der Waals surface area contributed by atoms with Gasteiger partial charge in [-0.2, -0.15) is 0 Å². The highest BCUT2D eigenvalue weighted by Gasteiger charge is 2.11. The fourth-order valence-corrected chi connectivity index (χ4v) is 2.28. The Balaban J connectivity index is 1.66. The average Bonchev–Trinajstić information content (AvgIpc) is 3.01. The molecule has 24 heavy (non-hydrogen) atoms. The standard InChI is InChI=1S/C20H19NO3/c1-15-19(21-20(24-15)17-7-3-2-4-8-17)14-23-18-11-9-16(10-12-18)6-5-13-22/h2-12,22H,13-14H2,1H3/b6-5+. The molecule has 0 unspecified atom stereocenters. The summed E-state index contributed by atoms with van der Waals surface area (Å²) in [5, 5.41) is 8.78. The van der Waals surface area contributed by atoms with Crippen molar-refractivity contribution in [1.29, 1.82) is 0 Å². The molecule has 0 saturated heterocycles. The van der Waals surface area contributed by atoms with Gasteiger partial charge in [0.05, 0.1) is 6.61 Å². The summed E-state index contributed by atoms with van der Waals surface area (Å²) in [6.07, 6.45) is 3.55. The Morgan fingerprint density at radius 2 is 1.83 bits per heavy atom. The van der Waals surface area contributed by atoms with Gasteiger partial charge in [-0.25, -0.2) is 4.98 Å². The van der Waals surface area contributed by atoms with Gasteiger partial charge < -0.3 is 14.3 Å². The quantitative estimate of drug-likeness (QED) is 0.738. The molecule has 2 aromatic carbocycles. The first-order valence-electron chi connectivity index (χ1n) is 7.78. The normalized spacial score (nSPS) is 11.1. The third-order valence-corrected chi connectivity index (χ3v) is 3.58. The van der Waals surface area contributed by atoms with E-state index in [1.165, 1.54) is 0 Å². The Kier molecular flexibility index (Phi) is 5.08. The van der Waals surface area contributed by atoms with Gasteiger partial charge in [0.25, 0.3) is 0 Å². The van der Waals surface area contributed by atoms with Crippen LogP contribution >= 0.6 is 0 Å². The first kappa shape index (κ1) is 16.0. The molecule has 0 amide bonds. The molecule has 1 aromatic heterocycles. The number of oxazole rings is 1. The van der Waals surface area contributed by atoms with E-state index in [2.05, 4.69) is 4.98 Å². The van der Waals surface area contributed by atoms with Gasteiger partial charge in [-0.1, -0.05) is 42.5 Å². The first-order valence-corrected chi connectivity index (χ1v) is 7.78. The highest BCUT2D eigenvalue weighted by atomic mass is 16.5. The number of aliphatic hydroxyl groups excluding tert-OH is 1. The zero-order chi connectivity index (χ0) is 16.8. The summed E-state index contributed by atoms with van der Waals surface area (Å²) in [5.41, 5.74) is 2.75. The molecule has 1 N–H and O–H groups in total. The molecule has 0 saturated carbocycles. The highest BCUT2D eigenvalue weighted by molar-refractivity contribution is 5.53. The van der Waals surface area contributed by atoms with Crippen LogP contribution in [0.3, 0.4) is 0 Å². The van der Waals surface area contributed by atoms with Gasteiger partial charge in [0, 0.05) is 5.56 Å². The third kappa shape index (κ3) is 3.91. The van der Waals surface area contributed by atoms with Crippen molar-refractivity contribution in [2.75, 3.05) is 6.61 Å². The molecule has 4 nitrogen and oxygen atoms in total. The molecule has 0 spiro atoms. The van der Waals surface area contributed by atoms with Crippen molar-refractivity contribution in [2.45, 2.75) is 13.5 Å². The van der Waals surface area contributed by atoms with Crippen LogP contribution in [0, 0.1) is 6.92 Å². The van der Waals surface area contributed by atoms with Crippen LogP contribution in [-0.4, -0.2) is 16.7 Å². The van der Waals surface area contributed by atoms with Crippen LogP contribution in [0.4, 0.5) is 0 Å². The van der Waals surface area contributed by atoms with Gasteiger partial charge in [0.2, 0.25) is 5.89 Å². The number of aliphatic hydroxyl groups is 1. The lowest BCUT2D eigenvalue weighted by Crippen LogP contribution is -1.97. The molecule has 0 aliphatic carbocycles. The van der Waals surface area contributed by atoms with Crippen molar-refractivity contribution in [3.8, 4) is 17.2 Å². The smallest absolute Gasteiger partial charge is 0.226 e. The Morgan fingerprint density at radius 1 is 1.08 bits per heavy atom. The van der Waals surface area contributed by atoms with Crippen molar-refractivity contribution in [3.63, 3.8) is 0 Å². The minimum atomic E-state index is 0.0352. The maximum Gasteiger partial charge on any atom is 0.226 e. The van der Waals surface area contributed by atoms with E-state index in [4.69, 9.17) is 14.3 Å². The summed E-state index contributed by atoms with van der Waals surface area (Å²) < 4.78 is 11.5. The maximum atomic E-state index is 8.78. The lowest BCUT2D eigenvalue weighted by atomic mass is 10.2.